The van der Waals surface area contributed by atoms with Gasteiger partial charge in [-0.15, -0.1) is 0 Å². The van der Waals surface area contributed by atoms with Crippen LogP contribution in [0.25, 0.3) is 0 Å². The molecule has 15 heavy (non-hydrogen) atoms. The standard InChI is InChI=1S/C10H16N4O/c1-6(2)7(3)13-10(15)8-4-12-5-9(11)14-8/h4-7H,1-3H3,(H2,11,14)(H,13,15). The molecule has 0 bridgehead atoms. The molecule has 0 aliphatic heterocycles. The van der Waals surface area contributed by atoms with Crippen molar-refractivity contribution in [1.82, 2.24) is 15.3 Å². The molecule has 5 heteroatoms. The maximum Gasteiger partial charge on any atom is 0.271 e. The molecule has 82 valence electrons. The average molecular weight is 208 g/mol. The number of anilines is 1. The van der Waals surface area contributed by atoms with Crippen LogP contribution in [0.1, 0.15) is 31.3 Å². The van der Waals surface area contributed by atoms with Crippen LogP contribution >= 0.6 is 0 Å². The molecule has 1 atom stereocenters. The molecular formula is C10H16N4O. The maximum absolute atomic E-state index is 11.6. The number of nitrogen functional groups attached to an aromatic ring is 1. The highest BCUT2D eigenvalue weighted by Gasteiger charge is 2.13. The summed E-state index contributed by atoms with van der Waals surface area (Å²) in [6, 6.07) is 0.0979. The van der Waals surface area contributed by atoms with Gasteiger partial charge in [-0.25, -0.2) is 4.98 Å². The number of carbonyl (C=O) groups is 1. The number of amides is 1. The average Bonchev–Trinajstić information content (AvgIpc) is 2.17. The molecule has 0 spiro atoms. The largest absolute Gasteiger partial charge is 0.382 e. The Morgan fingerprint density at radius 2 is 2.07 bits per heavy atom. The molecular weight excluding hydrogens is 192 g/mol. The van der Waals surface area contributed by atoms with Crippen molar-refractivity contribution in [2.24, 2.45) is 5.92 Å². The second-order valence-electron chi connectivity index (χ2n) is 3.84. The summed E-state index contributed by atoms with van der Waals surface area (Å²) in [5.41, 5.74) is 5.69. The molecule has 1 unspecified atom stereocenters. The van der Waals surface area contributed by atoms with E-state index in [0.29, 0.717) is 5.92 Å². The van der Waals surface area contributed by atoms with E-state index in [2.05, 4.69) is 15.3 Å². The third-order valence-corrected chi connectivity index (χ3v) is 2.24. The molecule has 1 aromatic rings. The normalized spacial score (nSPS) is 12.5. The van der Waals surface area contributed by atoms with Crippen LogP contribution in [-0.4, -0.2) is 21.9 Å². The first-order chi connectivity index (χ1) is 7.00. The van der Waals surface area contributed by atoms with Crippen LogP contribution in [0.3, 0.4) is 0 Å². The summed E-state index contributed by atoms with van der Waals surface area (Å²) < 4.78 is 0. The number of nitrogens with zero attached hydrogens (tertiary/aromatic N) is 2. The molecule has 0 aliphatic carbocycles. The summed E-state index contributed by atoms with van der Waals surface area (Å²) in [5.74, 6) is 0.388. The summed E-state index contributed by atoms with van der Waals surface area (Å²) in [5, 5.41) is 2.83. The van der Waals surface area contributed by atoms with E-state index in [-0.39, 0.29) is 23.5 Å². The fraction of sp³-hybridized carbons (Fsp3) is 0.500. The first kappa shape index (κ1) is 11.4. The van der Waals surface area contributed by atoms with E-state index >= 15 is 0 Å². The minimum atomic E-state index is -0.240. The Kier molecular flexibility index (Phi) is 3.60. The first-order valence-corrected chi connectivity index (χ1v) is 4.89. The van der Waals surface area contributed by atoms with E-state index in [4.69, 9.17) is 5.73 Å². The van der Waals surface area contributed by atoms with E-state index < -0.39 is 0 Å². The van der Waals surface area contributed by atoms with Gasteiger partial charge in [0.1, 0.15) is 11.5 Å². The van der Waals surface area contributed by atoms with Crippen LogP contribution in [0, 0.1) is 5.92 Å². The molecule has 0 saturated heterocycles. The highest BCUT2D eigenvalue weighted by Crippen LogP contribution is 2.02. The van der Waals surface area contributed by atoms with Gasteiger partial charge in [-0.2, -0.15) is 0 Å². The molecule has 0 radical (unpaired) electrons. The van der Waals surface area contributed by atoms with Crippen molar-refractivity contribution in [3.8, 4) is 0 Å². The van der Waals surface area contributed by atoms with Crippen molar-refractivity contribution >= 4 is 11.7 Å². The van der Waals surface area contributed by atoms with Gasteiger partial charge in [0, 0.05) is 6.04 Å². The van der Waals surface area contributed by atoms with E-state index in [1.54, 1.807) is 0 Å². The lowest BCUT2D eigenvalue weighted by Gasteiger charge is -2.16. The van der Waals surface area contributed by atoms with Crippen LogP contribution in [-0.2, 0) is 0 Å². The number of rotatable bonds is 3. The molecule has 0 fully saturated rings. The maximum atomic E-state index is 11.6. The molecule has 0 aliphatic rings. The van der Waals surface area contributed by atoms with Gasteiger partial charge in [0.05, 0.1) is 12.4 Å². The fourth-order valence-electron chi connectivity index (χ4n) is 0.938. The van der Waals surface area contributed by atoms with Gasteiger partial charge in [0.2, 0.25) is 0 Å². The van der Waals surface area contributed by atoms with Crippen molar-refractivity contribution in [1.29, 1.82) is 0 Å². The molecule has 1 rings (SSSR count). The highest BCUT2D eigenvalue weighted by atomic mass is 16.1. The first-order valence-electron chi connectivity index (χ1n) is 4.89. The quantitative estimate of drug-likeness (QED) is 0.771. The number of nitrogens with one attached hydrogen (secondary N) is 1. The number of carbonyl (C=O) groups excluding carboxylic acids is 1. The van der Waals surface area contributed by atoms with Crippen molar-refractivity contribution in [2.45, 2.75) is 26.8 Å². The number of hydrogen-bond acceptors (Lipinski definition) is 4. The SMILES string of the molecule is CC(C)C(C)NC(=O)c1cncc(N)n1. The van der Waals surface area contributed by atoms with E-state index in [1.807, 2.05) is 20.8 Å². The Morgan fingerprint density at radius 1 is 1.40 bits per heavy atom. The molecule has 1 heterocycles. The van der Waals surface area contributed by atoms with Crippen molar-refractivity contribution in [3.05, 3.63) is 18.1 Å². The smallest absolute Gasteiger partial charge is 0.271 e. The van der Waals surface area contributed by atoms with E-state index in [1.165, 1.54) is 12.4 Å². The van der Waals surface area contributed by atoms with Crippen LogP contribution < -0.4 is 11.1 Å². The lowest BCUT2D eigenvalue weighted by molar-refractivity contribution is 0.0925. The Hall–Kier alpha value is -1.65. The summed E-state index contributed by atoms with van der Waals surface area (Å²) >= 11 is 0. The summed E-state index contributed by atoms with van der Waals surface area (Å²) in [6.07, 6.45) is 2.81. The Morgan fingerprint density at radius 3 is 2.60 bits per heavy atom. The summed E-state index contributed by atoms with van der Waals surface area (Å²) in [4.78, 5) is 19.3. The van der Waals surface area contributed by atoms with Crippen molar-refractivity contribution in [2.75, 3.05) is 5.73 Å². The summed E-state index contributed by atoms with van der Waals surface area (Å²) in [7, 11) is 0. The van der Waals surface area contributed by atoms with E-state index in [0.717, 1.165) is 0 Å². The fourth-order valence-corrected chi connectivity index (χ4v) is 0.938. The van der Waals surface area contributed by atoms with Gasteiger partial charge in [0.15, 0.2) is 0 Å². The van der Waals surface area contributed by atoms with Gasteiger partial charge in [-0.1, -0.05) is 13.8 Å². The van der Waals surface area contributed by atoms with Crippen LogP contribution in [0.2, 0.25) is 0 Å². The lowest BCUT2D eigenvalue weighted by atomic mass is 10.1. The van der Waals surface area contributed by atoms with Gasteiger partial charge in [-0.3, -0.25) is 9.78 Å². The van der Waals surface area contributed by atoms with Gasteiger partial charge >= 0.3 is 0 Å². The molecule has 3 N–H and O–H groups in total. The summed E-state index contributed by atoms with van der Waals surface area (Å²) in [6.45, 7) is 6.02. The molecule has 1 aromatic heterocycles. The van der Waals surface area contributed by atoms with Crippen LogP contribution in [0.4, 0.5) is 5.82 Å². The topological polar surface area (TPSA) is 80.9 Å². The predicted octanol–water partition coefficient (Wildman–Crippen LogP) is 0.833. The van der Waals surface area contributed by atoms with Gasteiger partial charge in [-0.05, 0) is 12.8 Å². The van der Waals surface area contributed by atoms with Crippen LogP contribution in [0.5, 0.6) is 0 Å². The lowest BCUT2D eigenvalue weighted by Crippen LogP contribution is -2.36. The van der Waals surface area contributed by atoms with E-state index in [9.17, 15) is 4.79 Å². The van der Waals surface area contributed by atoms with Crippen LogP contribution in [0.15, 0.2) is 12.4 Å². The highest BCUT2D eigenvalue weighted by molar-refractivity contribution is 5.92. The minimum Gasteiger partial charge on any atom is -0.382 e. The second kappa shape index (κ2) is 4.72. The Balaban J connectivity index is 2.69. The number of aromatic nitrogens is 2. The zero-order valence-electron chi connectivity index (χ0n) is 9.19. The third-order valence-electron chi connectivity index (χ3n) is 2.24. The minimum absolute atomic E-state index is 0.0979. The Bertz CT molecular complexity index is 351. The van der Waals surface area contributed by atoms with Crippen molar-refractivity contribution in [3.63, 3.8) is 0 Å². The molecule has 0 aromatic carbocycles. The monoisotopic (exact) mass is 208 g/mol. The van der Waals surface area contributed by atoms with Gasteiger partial charge < -0.3 is 11.1 Å². The van der Waals surface area contributed by atoms with Crippen molar-refractivity contribution < 1.29 is 4.79 Å². The number of nitrogens with two attached hydrogens (primary N) is 1. The Labute approximate surface area is 89.1 Å². The molecule has 5 nitrogen and oxygen atoms in total. The molecule has 1 amide bonds. The zero-order valence-corrected chi connectivity index (χ0v) is 9.19. The predicted molar refractivity (Wildman–Crippen MR) is 58.2 cm³/mol. The number of hydrogen-bond donors (Lipinski definition) is 2. The second-order valence-corrected chi connectivity index (χ2v) is 3.84. The van der Waals surface area contributed by atoms with Gasteiger partial charge in [0.25, 0.3) is 5.91 Å². The third kappa shape index (κ3) is 3.19. The zero-order chi connectivity index (χ0) is 11.4. The molecule has 0 saturated carbocycles.